The molecule has 26 heavy (non-hydrogen) atoms. The van der Waals surface area contributed by atoms with Gasteiger partial charge in [0, 0.05) is 4.88 Å². The third-order valence-corrected chi connectivity index (χ3v) is 6.17. The summed E-state index contributed by atoms with van der Waals surface area (Å²) >= 11 is 1.83. The minimum atomic E-state index is 0.360. The van der Waals surface area contributed by atoms with Crippen LogP contribution in [0.15, 0.2) is 30.6 Å². The molecular weight excluding hydrogens is 344 g/mol. The van der Waals surface area contributed by atoms with Gasteiger partial charge in [-0.3, -0.25) is 0 Å². The van der Waals surface area contributed by atoms with E-state index in [0.717, 1.165) is 22.6 Å². The molecule has 3 heterocycles. The van der Waals surface area contributed by atoms with Crippen molar-refractivity contribution in [2.75, 3.05) is 0 Å². The van der Waals surface area contributed by atoms with E-state index in [1.165, 1.54) is 47.1 Å². The molecule has 0 saturated heterocycles. The highest BCUT2D eigenvalue weighted by atomic mass is 32.1. The Bertz CT molecular complexity index is 1080. The summed E-state index contributed by atoms with van der Waals surface area (Å²) in [5.41, 5.74) is 3.57. The third kappa shape index (κ3) is 2.74. The maximum absolute atomic E-state index is 5.85. The van der Waals surface area contributed by atoms with Crippen molar-refractivity contribution >= 4 is 27.2 Å². The quantitative estimate of drug-likeness (QED) is 0.503. The lowest BCUT2D eigenvalue weighted by molar-refractivity contribution is 0.296. The lowest BCUT2D eigenvalue weighted by Crippen LogP contribution is -1.98. The number of ether oxygens (including phenoxy) is 1. The van der Waals surface area contributed by atoms with Gasteiger partial charge < -0.3 is 4.74 Å². The topological polar surface area (TPSA) is 52.3 Å². The van der Waals surface area contributed by atoms with E-state index in [-0.39, 0.29) is 0 Å². The van der Waals surface area contributed by atoms with Crippen LogP contribution in [-0.2, 0) is 19.4 Å². The second-order valence-electron chi connectivity index (χ2n) is 6.89. The summed E-state index contributed by atoms with van der Waals surface area (Å²) in [5.74, 6) is 1.52. The van der Waals surface area contributed by atoms with Crippen molar-refractivity contribution < 1.29 is 4.74 Å². The van der Waals surface area contributed by atoms with Crippen LogP contribution in [0.3, 0.4) is 0 Å². The molecule has 6 heteroatoms. The van der Waals surface area contributed by atoms with Gasteiger partial charge in [-0.2, -0.15) is 0 Å². The van der Waals surface area contributed by atoms with Crippen LogP contribution in [0.1, 0.15) is 41.1 Å². The third-order valence-electron chi connectivity index (χ3n) is 4.97. The van der Waals surface area contributed by atoms with Gasteiger partial charge in [-0.25, -0.2) is 14.5 Å². The molecule has 0 spiro atoms. The summed E-state index contributed by atoms with van der Waals surface area (Å²) in [5, 5.41) is 5.77. The Morgan fingerprint density at radius 3 is 2.85 bits per heavy atom. The van der Waals surface area contributed by atoms with Crippen molar-refractivity contribution in [1.82, 2.24) is 19.6 Å². The predicted molar refractivity (Wildman–Crippen MR) is 103 cm³/mol. The van der Waals surface area contributed by atoms with Gasteiger partial charge in [-0.1, -0.05) is 24.1 Å². The Morgan fingerprint density at radius 1 is 1.12 bits per heavy atom. The molecule has 0 saturated carbocycles. The fourth-order valence-electron chi connectivity index (χ4n) is 3.62. The molecule has 5 rings (SSSR count). The summed E-state index contributed by atoms with van der Waals surface area (Å²) < 4.78 is 7.65. The highest BCUT2D eigenvalue weighted by Gasteiger charge is 2.20. The van der Waals surface area contributed by atoms with Crippen molar-refractivity contribution in [3.8, 4) is 5.75 Å². The Hall–Kier alpha value is -2.47. The molecule has 4 aromatic rings. The van der Waals surface area contributed by atoms with Gasteiger partial charge >= 0.3 is 0 Å². The molecule has 0 fully saturated rings. The maximum Gasteiger partial charge on any atom is 0.189 e. The van der Waals surface area contributed by atoms with Crippen molar-refractivity contribution in [3.63, 3.8) is 0 Å². The van der Waals surface area contributed by atoms with Crippen LogP contribution in [0.5, 0.6) is 5.75 Å². The first-order valence-corrected chi connectivity index (χ1v) is 9.93. The molecule has 0 amide bonds. The van der Waals surface area contributed by atoms with E-state index in [0.29, 0.717) is 12.4 Å². The Labute approximate surface area is 155 Å². The van der Waals surface area contributed by atoms with Crippen LogP contribution in [0, 0.1) is 6.92 Å². The second-order valence-corrected chi connectivity index (χ2v) is 7.97. The van der Waals surface area contributed by atoms with E-state index in [2.05, 4.69) is 17.0 Å². The molecule has 5 nitrogen and oxygen atoms in total. The molecule has 1 aromatic carbocycles. The second kappa shape index (κ2) is 6.36. The summed E-state index contributed by atoms with van der Waals surface area (Å²) in [7, 11) is 0. The van der Waals surface area contributed by atoms with Gasteiger partial charge in [0.2, 0.25) is 0 Å². The van der Waals surface area contributed by atoms with Gasteiger partial charge in [0.25, 0.3) is 0 Å². The van der Waals surface area contributed by atoms with Gasteiger partial charge in [-0.15, -0.1) is 16.4 Å². The minimum absolute atomic E-state index is 0.360. The zero-order chi connectivity index (χ0) is 17.5. The molecule has 0 atom stereocenters. The molecule has 0 aliphatic heterocycles. The van der Waals surface area contributed by atoms with E-state index < -0.39 is 0 Å². The van der Waals surface area contributed by atoms with Gasteiger partial charge in [0.05, 0.1) is 5.39 Å². The zero-order valence-electron chi connectivity index (χ0n) is 14.7. The fraction of sp³-hybridized carbons (Fsp3) is 0.350. The smallest absolute Gasteiger partial charge is 0.189 e. The first kappa shape index (κ1) is 15.8. The van der Waals surface area contributed by atoms with Gasteiger partial charge in [0.1, 0.15) is 23.5 Å². The largest absolute Gasteiger partial charge is 0.486 e. The summed E-state index contributed by atoms with van der Waals surface area (Å²) in [4.78, 5) is 12.0. The lowest BCUT2D eigenvalue weighted by atomic mass is 10.1. The van der Waals surface area contributed by atoms with Crippen LogP contribution < -0.4 is 4.74 Å². The zero-order valence-corrected chi connectivity index (χ0v) is 15.6. The minimum Gasteiger partial charge on any atom is -0.486 e. The number of thiophene rings is 1. The van der Waals surface area contributed by atoms with E-state index >= 15 is 0 Å². The monoisotopic (exact) mass is 364 g/mol. The van der Waals surface area contributed by atoms with Crippen molar-refractivity contribution in [2.24, 2.45) is 0 Å². The van der Waals surface area contributed by atoms with Crippen molar-refractivity contribution in [3.05, 3.63) is 52.4 Å². The average molecular weight is 364 g/mol. The Morgan fingerprint density at radius 2 is 1.96 bits per heavy atom. The number of nitrogens with zero attached hydrogens (tertiary/aromatic N) is 4. The molecule has 0 unspecified atom stereocenters. The molecule has 0 radical (unpaired) electrons. The normalized spacial score (nSPS) is 14.5. The Balaban J connectivity index is 1.51. The van der Waals surface area contributed by atoms with Gasteiger partial charge in [-0.05, 0) is 50.3 Å². The van der Waals surface area contributed by atoms with E-state index in [9.17, 15) is 0 Å². The van der Waals surface area contributed by atoms with E-state index in [4.69, 9.17) is 9.72 Å². The number of aryl methyl sites for hydroxylation is 3. The fourth-order valence-corrected chi connectivity index (χ4v) is 4.84. The molecular formula is C20H20N4OS. The Kier molecular flexibility index (Phi) is 3.85. The van der Waals surface area contributed by atoms with E-state index in [1.807, 2.05) is 35.6 Å². The number of rotatable bonds is 3. The highest BCUT2D eigenvalue weighted by molar-refractivity contribution is 7.19. The molecule has 1 aliphatic rings. The summed E-state index contributed by atoms with van der Waals surface area (Å²) in [6.45, 7) is 2.42. The van der Waals surface area contributed by atoms with Crippen LogP contribution in [0.2, 0.25) is 0 Å². The number of hydrogen-bond acceptors (Lipinski definition) is 5. The first-order valence-electron chi connectivity index (χ1n) is 9.12. The molecule has 3 aromatic heterocycles. The predicted octanol–water partition coefficient (Wildman–Crippen LogP) is 4.50. The van der Waals surface area contributed by atoms with E-state index in [1.54, 1.807) is 10.8 Å². The summed E-state index contributed by atoms with van der Waals surface area (Å²) in [6.07, 6.45) is 7.90. The van der Waals surface area contributed by atoms with Crippen molar-refractivity contribution in [1.29, 1.82) is 0 Å². The van der Waals surface area contributed by atoms with Crippen LogP contribution in [-0.4, -0.2) is 19.6 Å². The SMILES string of the molecule is Cc1ccc(OCc2nc3c4c5c(sc4ncn3n2)CCCCC5)cc1. The average Bonchev–Trinajstić information content (AvgIpc) is 3.14. The highest BCUT2D eigenvalue weighted by Crippen LogP contribution is 2.36. The maximum atomic E-state index is 5.85. The van der Waals surface area contributed by atoms with Crippen molar-refractivity contribution in [2.45, 2.75) is 45.6 Å². The molecule has 0 N–H and O–H groups in total. The summed E-state index contributed by atoms with van der Waals surface area (Å²) in [6, 6.07) is 8.04. The number of aromatic nitrogens is 4. The number of benzene rings is 1. The molecule has 132 valence electrons. The molecule has 0 bridgehead atoms. The van der Waals surface area contributed by atoms with Crippen LogP contribution in [0.25, 0.3) is 15.9 Å². The van der Waals surface area contributed by atoms with Crippen LogP contribution in [0.4, 0.5) is 0 Å². The molecule has 1 aliphatic carbocycles. The number of fused-ring (bicyclic) bond motifs is 5. The first-order chi connectivity index (χ1) is 12.8. The standard InChI is InChI=1S/C20H20N4OS/c1-13-7-9-14(10-8-13)25-11-17-22-19-18-15-5-3-2-4-6-16(15)26-20(18)21-12-24(19)23-17/h7-10,12H,2-6,11H2,1H3. The van der Waals surface area contributed by atoms with Gasteiger partial charge in [0.15, 0.2) is 11.5 Å². The number of hydrogen-bond donors (Lipinski definition) is 0. The van der Waals surface area contributed by atoms with Crippen LogP contribution >= 0.6 is 11.3 Å². The lowest BCUT2D eigenvalue weighted by Gasteiger charge is -2.03.